The zero-order valence-corrected chi connectivity index (χ0v) is 20.6. The van der Waals surface area contributed by atoms with Crippen molar-refractivity contribution in [1.29, 1.82) is 0 Å². The van der Waals surface area contributed by atoms with Gasteiger partial charge in [-0.05, 0) is 42.0 Å². The van der Waals surface area contributed by atoms with Crippen molar-refractivity contribution in [3.8, 4) is 5.75 Å². The standard InChI is InChI=1S/C28H31N5O3/c1-18(34)29-14-21-11-23(12-21)33-15-25(26-27(32-19(2)35)30-17-31-28(26)33)22-9-6-10-24(13-22)36-16-20-7-4-3-5-8-20/h3-10,13,17,21,23,25H,11-12,14-16H2,1-2H3,(H,29,34)(H,30,31,32,35). The van der Waals surface area contributed by atoms with E-state index >= 15 is 0 Å². The van der Waals surface area contributed by atoms with Crippen molar-refractivity contribution in [3.05, 3.63) is 77.6 Å². The molecule has 5 rings (SSSR count). The average molecular weight is 486 g/mol. The van der Waals surface area contributed by atoms with Crippen LogP contribution >= 0.6 is 0 Å². The molecule has 2 aromatic carbocycles. The molecule has 1 aromatic heterocycles. The first kappa shape index (κ1) is 23.8. The summed E-state index contributed by atoms with van der Waals surface area (Å²) in [7, 11) is 0. The summed E-state index contributed by atoms with van der Waals surface area (Å²) in [5.74, 6) is 2.54. The molecule has 8 heteroatoms. The van der Waals surface area contributed by atoms with Gasteiger partial charge >= 0.3 is 0 Å². The molecule has 36 heavy (non-hydrogen) atoms. The van der Waals surface area contributed by atoms with Crippen LogP contribution in [0, 0.1) is 5.92 Å². The number of hydrogen-bond donors (Lipinski definition) is 2. The van der Waals surface area contributed by atoms with Crippen LogP contribution in [-0.4, -0.2) is 40.9 Å². The van der Waals surface area contributed by atoms with Crippen LogP contribution in [0.3, 0.4) is 0 Å². The van der Waals surface area contributed by atoms with Gasteiger partial charge in [0.2, 0.25) is 11.8 Å². The van der Waals surface area contributed by atoms with Crippen LogP contribution in [0.25, 0.3) is 0 Å². The lowest BCUT2D eigenvalue weighted by atomic mass is 9.79. The van der Waals surface area contributed by atoms with E-state index in [-0.39, 0.29) is 17.7 Å². The van der Waals surface area contributed by atoms with E-state index in [0.29, 0.717) is 30.9 Å². The Labute approximate surface area is 211 Å². The third-order valence-corrected chi connectivity index (χ3v) is 6.96. The van der Waals surface area contributed by atoms with Crippen molar-refractivity contribution in [3.63, 3.8) is 0 Å². The molecule has 1 saturated carbocycles. The third-order valence-electron chi connectivity index (χ3n) is 6.96. The van der Waals surface area contributed by atoms with E-state index in [0.717, 1.165) is 47.6 Å². The molecule has 1 aliphatic carbocycles. The molecule has 3 aromatic rings. The number of ether oxygens (including phenoxy) is 1. The Morgan fingerprint density at radius 2 is 1.83 bits per heavy atom. The van der Waals surface area contributed by atoms with Gasteiger partial charge in [-0.15, -0.1) is 0 Å². The number of amides is 2. The topological polar surface area (TPSA) is 96.5 Å². The van der Waals surface area contributed by atoms with Crippen molar-refractivity contribution in [2.24, 2.45) is 5.92 Å². The number of benzene rings is 2. The maximum Gasteiger partial charge on any atom is 0.222 e. The van der Waals surface area contributed by atoms with Crippen molar-refractivity contribution >= 4 is 23.5 Å². The summed E-state index contributed by atoms with van der Waals surface area (Å²) < 4.78 is 6.09. The maximum absolute atomic E-state index is 11.9. The van der Waals surface area contributed by atoms with Gasteiger partial charge in [-0.25, -0.2) is 9.97 Å². The van der Waals surface area contributed by atoms with Crippen molar-refractivity contribution in [1.82, 2.24) is 15.3 Å². The van der Waals surface area contributed by atoms with Gasteiger partial charge < -0.3 is 20.3 Å². The first-order chi connectivity index (χ1) is 17.5. The minimum atomic E-state index is -0.160. The van der Waals surface area contributed by atoms with Crippen LogP contribution in [0.4, 0.5) is 11.6 Å². The third kappa shape index (κ3) is 5.17. The number of fused-ring (bicyclic) bond motifs is 1. The van der Waals surface area contributed by atoms with Gasteiger partial charge in [0.1, 0.15) is 30.3 Å². The molecule has 8 nitrogen and oxygen atoms in total. The lowest BCUT2D eigenvalue weighted by molar-refractivity contribution is -0.119. The van der Waals surface area contributed by atoms with Gasteiger partial charge in [0.15, 0.2) is 0 Å². The summed E-state index contributed by atoms with van der Waals surface area (Å²) in [5, 5.41) is 5.84. The Hall–Kier alpha value is -3.94. The summed E-state index contributed by atoms with van der Waals surface area (Å²) >= 11 is 0. The molecule has 1 unspecified atom stereocenters. The highest BCUT2D eigenvalue weighted by Gasteiger charge is 2.42. The number of hydrogen-bond acceptors (Lipinski definition) is 6. The fourth-order valence-electron chi connectivity index (χ4n) is 5.14. The zero-order chi connectivity index (χ0) is 25.1. The summed E-state index contributed by atoms with van der Waals surface area (Å²) in [6, 6.07) is 18.6. The summed E-state index contributed by atoms with van der Waals surface area (Å²) in [5.41, 5.74) is 3.15. The molecule has 0 bridgehead atoms. The SMILES string of the molecule is CC(=O)NCC1CC(N2CC(c3cccc(OCc4ccccc4)c3)c3c(NC(C)=O)ncnc32)C1. The monoisotopic (exact) mass is 485 g/mol. The predicted molar refractivity (Wildman–Crippen MR) is 138 cm³/mol. The Morgan fingerprint density at radius 3 is 2.58 bits per heavy atom. The van der Waals surface area contributed by atoms with Crippen molar-refractivity contribution in [2.45, 2.75) is 45.3 Å². The normalized spacial score (nSPS) is 20.3. The molecule has 1 aliphatic heterocycles. The Bertz CT molecular complexity index is 1240. The van der Waals surface area contributed by atoms with Gasteiger partial charge in [-0.2, -0.15) is 0 Å². The number of nitrogens with one attached hydrogen (secondary N) is 2. The number of rotatable bonds is 8. The highest BCUT2D eigenvalue weighted by molar-refractivity contribution is 5.90. The molecule has 186 valence electrons. The Kier molecular flexibility index (Phi) is 6.84. The first-order valence-corrected chi connectivity index (χ1v) is 12.4. The average Bonchev–Trinajstić information content (AvgIpc) is 3.22. The maximum atomic E-state index is 11.9. The fourth-order valence-corrected chi connectivity index (χ4v) is 5.14. The molecular formula is C28H31N5O3. The summed E-state index contributed by atoms with van der Waals surface area (Å²) in [4.78, 5) is 34.6. The molecule has 2 amide bonds. The van der Waals surface area contributed by atoms with Gasteiger partial charge in [0, 0.05) is 44.5 Å². The van der Waals surface area contributed by atoms with E-state index in [9.17, 15) is 9.59 Å². The molecule has 0 saturated heterocycles. The summed E-state index contributed by atoms with van der Waals surface area (Å²) in [6.45, 7) is 5.00. The minimum absolute atomic E-state index is 0.00211. The van der Waals surface area contributed by atoms with E-state index in [1.54, 1.807) is 6.92 Å². The van der Waals surface area contributed by atoms with Crippen LogP contribution in [0.15, 0.2) is 60.9 Å². The van der Waals surface area contributed by atoms with Crippen LogP contribution in [-0.2, 0) is 16.2 Å². The van der Waals surface area contributed by atoms with E-state index in [1.807, 2.05) is 42.5 Å². The zero-order valence-electron chi connectivity index (χ0n) is 20.6. The molecule has 2 N–H and O–H groups in total. The smallest absolute Gasteiger partial charge is 0.222 e. The molecule has 1 atom stereocenters. The van der Waals surface area contributed by atoms with Gasteiger partial charge in [-0.1, -0.05) is 42.5 Å². The fraction of sp³-hybridized carbons (Fsp3) is 0.357. The molecule has 2 heterocycles. The lowest BCUT2D eigenvalue weighted by Gasteiger charge is -2.42. The number of nitrogens with zero attached hydrogens (tertiary/aromatic N) is 3. The second-order valence-corrected chi connectivity index (χ2v) is 9.62. The number of carbonyl (C=O) groups excluding carboxylic acids is 2. The Balaban J connectivity index is 1.38. The van der Waals surface area contributed by atoms with E-state index in [2.05, 4.69) is 37.6 Å². The number of anilines is 2. The van der Waals surface area contributed by atoms with Crippen LogP contribution < -0.4 is 20.3 Å². The quantitative estimate of drug-likeness (QED) is 0.503. The highest BCUT2D eigenvalue weighted by atomic mass is 16.5. The molecule has 0 spiro atoms. The minimum Gasteiger partial charge on any atom is -0.489 e. The molecule has 1 fully saturated rings. The van der Waals surface area contributed by atoms with E-state index in [1.165, 1.54) is 13.3 Å². The highest BCUT2D eigenvalue weighted by Crippen LogP contribution is 2.47. The van der Waals surface area contributed by atoms with Crippen LogP contribution in [0.2, 0.25) is 0 Å². The number of carbonyl (C=O) groups is 2. The Morgan fingerprint density at radius 1 is 1.03 bits per heavy atom. The van der Waals surface area contributed by atoms with Gasteiger partial charge in [0.05, 0.1) is 0 Å². The second-order valence-electron chi connectivity index (χ2n) is 9.62. The van der Waals surface area contributed by atoms with Gasteiger partial charge in [0.25, 0.3) is 0 Å². The van der Waals surface area contributed by atoms with E-state index in [4.69, 9.17) is 4.74 Å². The summed E-state index contributed by atoms with van der Waals surface area (Å²) in [6.07, 6.45) is 3.50. The van der Waals surface area contributed by atoms with Gasteiger partial charge in [-0.3, -0.25) is 9.59 Å². The van der Waals surface area contributed by atoms with Crippen LogP contribution in [0.1, 0.15) is 49.3 Å². The van der Waals surface area contributed by atoms with E-state index < -0.39 is 0 Å². The van der Waals surface area contributed by atoms with Crippen LogP contribution in [0.5, 0.6) is 5.75 Å². The largest absolute Gasteiger partial charge is 0.489 e. The van der Waals surface area contributed by atoms with Crippen molar-refractivity contribution in [2.75, 3.05) is 23.3 Å². The second kappa shape index (κ2) is 10.4. The molecular weight excluding hydrogens is 454 g/mol. The first-order valence-electron chi connectivity index (χ1n) is 12.4. The van der Waals surface area contributed by atoms with Crippen molar-refractivity contribution < 1.29 is 14.3 Å². The lowest BCUT2D eigenvalue weighted by Crippen LogP contribution is -2.47. The molecule has 2 aliphatic rings. The predicted octanol–water partition coefficient (Wildman–Crippen LogP) is 3.88. The molecule has 0 radical (unpaired) electrons. The number of aromatic nitrogens is 2.